The van der Waals surface area contributed by atoms with Gasteiger partial charge in [0.2, 0.25) is 0 Å². The van der Waals surface area contributed by atoms with Gasteiger partial charge in [-0.25, -0.2) is 15.0 Å². The number of hydrogen-bond acceptors (Lipinski definition) is 4. The Bertz CT molecular complexity index is 3110. The maximum Gasteiger partial charge on any atom is 0.164 e. The van der Waals surface area contributed by atoms with Crippen molar-refractivity contribution in [2.45, 2.75) is 0 Å². The molecule has 5 nitrogen and oxygen atoms in total. The van der Waals surface area contributed by atoms with E-state index in [-0.39, 0.29) is 0 Å². The number of hydrogen-bond donors (Lipinski definition) is 0. The molecule has 0 aliphatic carbocycles. The predicted molar refractivity (Wildman–Crippen MR) is 229 cm³/mol. The first kappa shape index (κ1) is 31.9. The summed E-state index contributed by atoms with van der Waals surface area (Å²) in [5, 5.41) is 4.57. The third-order valence-corrected chi connectivity index (χ3v) is 10.6. The second kappa shape index (κ2) is 13.0. The lowest BCUT2D eigenvalue weighted by Crippen LogP contribution is -2.04. The zero-order valence-electron chi connectivity index (χ0n) is 30.2. The van der Waals surface area contributed by atoms with E-state index in [0.29, 0.717) is 17.5 Å². The second-order valence-electron chi connectivity index (χ2n) is 14.0. The average Bonchev–Trinajstić information content (AvgIpc) is 3.82. The average molecular weight is 717 g/mol. The molecule has 0 saturated carbocycles. The van der Waals surface area contributed by atoms with Crippen molar-refractivity contribution in [1.29, 1.82) is 0 Å². The molecule has 0 radical (unpaired) electrons. The largest absolute Gasteiger partial charge is 0.456 e. The molecule has 0 bridgehead atoms. The molecule has 0 aliphatic heterocycles. The van der Waals surface area contributed by atoms with Gasteiger partial charge in [0, 0.05) is 49.4 Å². The van der Waals surface area contributed by atoms with Gasteiger partial charge in [-0.3, -0.25) is 0 Å². The third-order valence-electron chi connectivity index (χ3n) is 10.6. The van der Waals surface area contributed by atoms with Gasteiger partial charge in [-0.1, -0.05) is 158 Å². The molecule has 0 aliphatic rings. The molecule has 0 amide bonds. The topological polar surface area (TPSA) is 56.7 Å². The Balaban J connectivity index is 1.27. The molecule has 0 fully saturated rings. The number of furan rings is 1. The van der Waals surface area contributed by atoms with Crippen LogP contribution in [0.5, 0.6) is 0 Å². The highest BCUT2D eigenvalue weighted by atomic mass is 16.3. The van der Waals surface area contributed by atoms with Crippen LogP contribution in [-0.4, -0.2) is 19.5 Å². The first-order chi connectivity index (χ1) is 27.8. The summed E-state index contributed by atoms with van der Waals surface area (Å²) in [5.41, 5.74) is 12.1. The Kier molecular flexibility index (Phi) is 7.42. The third kappa shape index (κ3) is 5.21. The van der Waals surface area contributed by atoms with Crippen molar-refractivity contribution in [1.82, 2.24) is 19.5 Å². The molecule has 0 saturated heterocycles. The Hall–Kier alpha value is -7.63. The summed E-state index contributed by atoms with van der Waals surface area (Å²) in [5.74, 6) is 1.85. The van der Waals surface area contributed by atoms with Crippen LogP contribution >= 0.6 is 0 Å². The predicted octanol–water partition coefficient (Wildman–Crippen LogP) is 13.2. The van der Waals surface area contributed by atoms with Crippen LogP contribution in [0.1, 0.15) is 0 Å². The highest BCUT2D eigenvalue weighted by Crippen LogP contribution is 2.46. The molecule has 8 aromatic carbocycles. The van der Waals surface area contributed by atoms with Crippen molar-refractivity contribution < 1.29 is 4.42 Å². The molecule has 56 heavy (non-hydrogen) atoms. The van der Waals surface area contributed by atoms with E-state index in [4.69, 9.17) is 19.4 Å². The molecule has 11 rings (SSSR count). The number of nitrogens with zero attached hydrogens (tertiary/aromatic N) is 4. The zero-order valence-corrected chi connectivity index (χ0v) is 30.2. The molecule has 11 aromatic rings. The summed E-state index contributed by atoms with van der Waals surface area (Å²) in [6.45, 7) is 0. The van der Waals surface area contributed by atoms with Gasteiger partial charge in [0.05, 0.1) is 16.7 Å². The smallest absolute Gasteiger partial charge is 0.164 e. The summed E-state index contributed by atoms with van der Waals surface area (Å²) >= 11 is 0. The van der Waals surface area contributed by atoms with E-state index >= 15 is 0 Å². The van der Waals surface area contributed by atoms with Crippen molar-refractivity contribution in [3.8, 4) is 62.1 Å². The normalized spacial score (nSPS) is 11.6. The second-order valence-corrected chi connectivity index (χ2v) is 14.0. The Morgan fingerprint density at radius 2 is 0.804 bits per heavy atom. The Morgan fingerprint density at radius 1 is 0.339 bits per heavy atom. The van der Waals surface area contributed by atoms with E-state index in [1.165, 1.54) is 10.8 Å². The molecular weight excluding hydrogens is 685 g/mol. The van der Waals surface area contributed by atoms with Crippen molar-refractivity contribution in [2.75, 3.05) is 0 Å². The lowest BCUT2D eigenvalue weighted by Gasteiger charge is -2.21. The Morgan fingerprint density at radius 3 is 1.38 bits per heavy atom. The SMILES string of the molecule is c1ccc(-c2nc(-c3ccccc3)nc(-c3cc(-c4ccccc4)c(-n4c5ccccc5c5c6c(ccc54)oc4ccccc46)c(-c4ccccc4)c3)n2)cc1. The molecule has 3 aromatic heterocycles. The molecule has 0 N–H and O–H groups in total. The molecule has 0 atom stereocenters. The van der Waals surface area contributed by atoms with Crippen LogP contribution in [0, 0.1) is 0 Å². The van der Waals surface area contributed by atoms with Gasteiger partial charge in [-0.05, 0) is 47.5 Å². The first-order valence-corrected chi connectivity index (χ1v) is 18.8. The van der Waals surface area contributed by atoms with Gasteiger partial charge >= 0.3 is 0 Å². The van der Waals surface area contributed by atoms with Crippen LogP contribution in [0.4, 0.5) is 0 Å². The van der Waals surface area contributed by atoms with Crippen molar-refractivity contribution in [3.63, 3.8) is 0 Å². The van der Waals surface area contributed by atoms with Crippen molar-refractivity contribution in [3.05, 3.63) is 194 Å². The van der Waals surface area contributed by atoms with Gasteiger partial charge in [0.25, 0.3) is 0 Å². The van der Waals surface area contributed by atoms with Crippen LogP contribution in [0.3, 0.4) is 0 Å². The summed E-state index contributed by atoms with van der Waals surface area (Å²) in [6.07, 6.45) is 0. The van der Waals surface area contributed by atoms with E-state index in [0.717, 1.165) is 77.6 Å². The highest BCUT2D eigenvalue weighted by molar-refractivity contribution is 6.27. The molecule has 0 unspecified atom stereocenters. The fourth-order valence-electron chi connectivity index (χ4n) is 8.13. The number of rotatable bonds is 6. The minimum atomic E-state index is 0.604. The zero-order chi connectivity index (χ0) is 37.0. The fourth-order valence-corrected chi connectivity index (χ4v) is 8.13. The quantitative estimate of drug-likeness (QED) is 0.172. The van der Waals surface area contributed by atoms with Gasteiger partial charge in [-0.15, -0.1) is 0 Å². The standard InChI is InChI=1S/C51H32N4O/c1-5-17-33(18-6-1)40-31-37(51-53-49(35-21-9-3-10-22-35)52-50(54-51)36-23-11-4-12-24-36)32-41(34-19-7-2-8-20-34)48(40)55-42-27-15-13-25-38(42)46-43(55)29-30-45-47(46)39-26-14-16-28-44(39)56-45/h1-32H. The molecule has 3 heterocycles. The lowest BCUT2D eigenvalue weighted by atomic mass is 9.92. The number of aromatic nitrogens is 4. The maximum absolute atomic E-state index is 6.43. The van der Waals surface area contributed by atoms with Gasteiger partial charge in [-0.2, -0.15) is 0 Å². The Labute approximate surface area is 322 Å². The minimum absolute atomic E-state index is 0.604. The number of benzene rings is 8. The van der Waals surface area contributed by atoms with Crippen molar-refractivity contribution >= 4 is 43.7 Å². The minimum Gasteiger partial charge on any atom is -0.456 e. The van der Waals surface area contributed by atoms with Gasteiger partial charge in [0.15, 0.2) is 17.5 Å². The first-order valence-electron chi connectivity index (χ1n) is 18.8. The fraction of sp³-hybridized carbons (Fsp3) is 0. The van der Waals surface area contributed by atoms with Crippen LogP contribution in [-0.2, 0) is 0 Å². The number of para-hydroxylation sites is 2. The van der Waals surface area contributed by atoms with E-state index in [1.807, 2.05) is 72.8 Å². The molecule has 0 spiro atoms. The number of fused-ring (bicyclic) bond motifs is 7. The monoisotopic (exact) mass is 716 g/mol. The summed E-state index contributed by atoms with van der Waals surface area (Å²) < 4.78 is 8.87. The van der Waals surface area contributed by atoms with Crippen LogP contribution in [0.15, 0.2) is 199 Å². The summed E-state index contributed by atoms with van der Waals surface area (Å²) in [7, 11) is 0. The van der Waals surface area contributed by atoms with E-state index in [1.54, 1.807) is 0 Å². The van der Waals surface area contributed by atoms with Crippen LogP contribution in [0.25, 0.3) is 106 Å². The lowest BCUT2D eigenvalue weighted by molar-refractivity contribution is 0.669. The molecule has 262 valence electrons. The molecule has 5 heteroatoms. The summed E-state index contributed by atoms with van der Waals surface area (Å²) in [4.78, 5) is 15.4. The van der Waals surface area contributed by atoms with E-state index < -0.39 is 0 Å². The summed E-state index contributed by atoms with van der Waals surface area (Å²) in [6, 6.07) is 67.4. The van der Waals surface area contributed by atoms with Crippen LogP contribution in [0.2, 0.25) is 0 Å². The maximum atomic E-state index is 6.43. The van der Waals surface area contributed by atoms with Crippen molar-refractivity contribution in [2.24, 2.45) is 0 Å². The highest BCUT2D eigenvalue weighted by Gasteiger charge is 2.24. The van der Waals surface area contributed by atoms with Gasteiger partial charge < -0.3 is 8.98 Å². The van der Waals surface area contributed by atoms with E-state index in [2.05, 4.69) is 126 Å². The molecular formula is C51H32N4O. The van der Waals surface area contributed by atoms with Gasteiger partial charge in [0.1, 0.15) is 11.2 Å². The van der Waals surface area contributed by atoms with Crippen LogP contribution < -0.4 is 0 Å². The van der Waals surface area contributed by atoms with E-state index in [9.17, 15) is 0 Å².